The lowest BCUT2D eigenvalue weighted by molar-refractivity contribution is 0.248. The zero-order chi connectivity index (χ0) is 15.1. The van der Waals surface area contributed by atoms with Crippen LogP contribution < -0.4 is 16.0 Å². The Hall–Kier alpha value is -1.75. The van der Waals surface area contributed by atoms with Crippen molar-refractivity contribution in [2.45, 2.75) is 33.1 Å². The van der Waals surface area contributed by atoms with Crippen LogP contribution in [0.2, 0.25) is 5.02 Å². The summed E-state index contributed by atoms with van der Waals surface area (Å²) in [6, 6.07) is 4.86. The number of hydrogen-bond donors (Lipinski definition) is 3. The minimum absolute atomic E-state index is 0.353. The molecule has 0 saturated heterocycles. The number of anilines is 1. The SMILES string of the molecule is CCCCCNC(=O)N(C(=N)N)c1c(C)cccc1Cl. The highest BCUT2D eigenvalue weighted by molar-refractivity contribution is 6.35. The lowest BCUT2D eigenvalue weighted by Crippen LogP contribution is -2.47. The molecule has 0 aromatic heterocycles. The first-order chi connectivity index (χ1) is 9.49. The zero-order valence-electron chi connectivity index (χ0n) is 11.9. The van der Waals surface area contributed by atoms with E-state index in [1.807, 2.05) is 13.0 Å². The van der Waals surface area contributed by atoms with E-state index in [9.17, 15) is 4.79 Å². The van der Waals surface area contributed by atoms with Crippen molar-refractivity contribution in [3.05, 3.63) is 28.8 Å². The predicted octanol–water partition coefficient (Wildman–Crippen LogP) is 3.25. The third-order valence-corrected chi connectivity index (χ3v) is 3.22. The molecule has 0 radical (unpaired) electrons. The molecule has 0 aliphatic carbocycles. The number of nitrogens with two attached hydrogens (primary N) is 1. The molecule has 0 fully saturated rings. The quantitative estimate of drug-likeness (QED) is 0.443. The molecule has 0 spiro atoms. The Morgan fingerprint density at radius 2 is 2.15 bits per heavy atom. The molecule has 5 nitrogen and oxygen atoms in total. The number of hydrogen-bond acceptors (Lipinski definition) is 2. The Labute approximate surface area is 124 Å². The molecular weight excluding hydrogens is 276 g/mol. The molecule has 1 aromatic rings. The summed E-state index contributed by atoms with van der Waals surface area (Å²) < 4.78 is 0. The van der Waals surface area contributed by atoms with Crippen molar-refractivity contribution >= 4 is 29.3 Å². The van der Waals surface area contributed by atoms with Crippen LogP contribution in [0.1, 0.15) is 31.7 Å². The van der Waals surface area contributed by atoms with E-state index in [0.717, 1.165) is 29.7 Å². The number of nitrogens with zero attached hydrogens (tertiary/aromatic N) is 1. The average Bonchev–Trinajstić information content (AvgIpc) is 2.38. The van der Waals surface area contributed by atoms with E-state index < -0.39 is 6.03 Å². The molecule has 0 atom stereocenters. The third-order valence-electron chi connectivity index (χ3n) is 2.91. The molecule has 2 amide bonds. The smallest absolute Gasteiger partial charge is 0.328 e. The van der Waals surface area contributed by atoms with Gasteiger partial charge in [0.1, 0.15) is 0 Å². The number of para-hydroxylation sites is 1. The number of halogens is 1. The van der Waals surface area contributed by atoms with Crippen molar-refractivity contribution < 1.29 is 4.79 Å². The fourth-order valence-corrected chi connectivity index (χ4v) is 2.19. The van der Waals surface area contributed by atoms with E-state index in [2.05, 4.69) is 12.2 Å². The molecule has 6 heteroatoms. The first-order valence-electron chi connectivity index (χ1n) is 6.66. The Kier molecular flexibility index (Phi) is 6.31. The summed E-state index contributed by atoms with van der Waals surface area (Å²) in [4.78, 5) is 13.3. The Morgan fingerprint density at radius 1 is 1.45 bits per heavy atom. The summed E-state index contributed by atoms with van der Waals surface area (Å²) in [7, 11) is 0. The van der Waals surface area contributed by atoms with Gasteiger partial charge in [-0.1, -0.05) is 43.5 Å². The Balaban J connectivity index is 2.89. The second kappa shape index (κ2) is 7.75. The maximum atomic E-state index is 12.2. The molecule has 0 heterocycles. The molecule has 0 aliphatic heterocycles. The second-order valence-corrected chi connectivity index (χ2v) is 4.97. The van der Waals surface area contributed by atoms with Crippen LogP contribution in [0.15, 0.2) is 18.2 Å². The number of benzene rings is 1. The minimum Gasteiger partial charge on any atom is -0.369 e. The maximum absolute atomic E-state index is 12.2. The maximum Gasteiger partial charge on any atom is 0.328 e. The molecule has 4 N–H and O–H groups in total. The van der Waals surface area contributed by atoms with E-state index in [-0.39, 0.29) is 5.96 Å². The molecular formula is C14H21ClN4O. The lowest BCUT2D eigenvalue weighted by atomic mass is 10.2. The predicted molar refractivity (Wildman–Crippen MR) is 83.5 cm³/mol. The van der Waals surface area contributed by atoms with Crippen LogP contribution >= 0.6 is 11.6 Å². The molecule has 20 heavy (non-hydrogen) atoms. The molecule has 110 valence electrons. The van der Waals surface area contributed by atoms with Gasteiger partial charge >= 0.3 is 6.03 Å². The number of aryl methyl sites for hydroxylation is 1. The van der Waals surface area contributed by atoms with Crippen LogP contribution in [0.3, 0.4) is 0 Å². The first kappa shape index (κ1) is 16.3. The fourth-order valence-electron chi connectivity index (χ4n) is 1.89. The van der Waals surface area contributed by atoms with Gasteiger partial charge in [-0.3, -0.25) is 5.41 Å². The van der Waals surface area contributed by atoms with E-state index >= 15 is 0 Å². The van der Waals surface area contributed by atoms with Gasteiger partial charge in [-0.25, -0.2) is 9.69 Å². The summed E-state index contributed by atoms with van der Waals surface area (Å²) in [5.41, 5.74) is 6.77. The van der Waals surface area contributed by atoms with Crippen molar-refractivity contribution in [1.29, 1.82) is 5.41 Å². The standard InChI is InChI=1S/C14H21ClN4O/c1-3-4-5-9-18-14(20)19(13(16)17)12-10(2)7-6-8-11(12)15/h6-8H,3-5,9H2,1-2H3,(H3,16,17)(H,18,20). The van der Waals surface area contributed by atoms with Crippen molar-refractivity contribution in [2.75, 3.05) is 11.4 Å². The number of rotatable bonds is 5. The monoisotopic (exact) mass is 296 g/mol. The zero-order valence-corrected chi connectivity index (χ0v) is 12.6. The summed E-state index contributed by atoms with van der Waals surface area (Å²) in [5.74, 6) is -0.353. The highest BCUT2D eigenvalue weighted by Crippen LogP contribution is 2.29. The van der Waals surface area contributed by atoms with Gasteiger partial charge in [0.2, 0.25) is 5.96 Å². The number of nitrogens with one attached hydrogen (secondary N) is 2. The first-order valence-corrected chi connectivity index (χ1v) is 7.04. The molecule has 0 unspecified atom stereocenters. The van der Waals surface area contributed by atoms with Gasteiger partial charge in [0.15, 0.2) is 0 Å². The largest absolute Gasteiger partial charge is 0.369 e. The summed E-state index contributed by atoms with van der Waals surface area (Å²) in [6.45, 7) is 4.47. The number of unbranched alkanes of at least 4 members (excludes halogenated alkanes) is 2. The molecule has 1 rings (SSSR count). The molecule has 1 aromatic carbocycles. The lowest BCUT2D eigenvalue weighted by Gasteiger charge is -2.24. The second-order valence-electron chi connectivity index (χ2n) is 4.57. The van der Waals surface area contributed by atoms with Gasteiger partial charge in [0, 0.05) is 6.54 Å². The van der Waals surface area contributed by atoms with Crippen LogP contribution in [0.4, 0.5) is 10.5 Å². The summed E-state index contributed by atoms with van der Waals surface area (Å²) >= 11 is 6.12. The van der Waals surface area contributed by atoms with Crippen LogP contribution in [0, 0.1) is 12.3 Å². The van der Waals surface area contributed by atoms with Crippen molar-refractivity contribution in [3.8, 4) is 0 Å². The average molecular weight is 297 g/mol. The number of carbonyl (C=O) groups is 1. The van der Waals surface area contributed by atoms with E-state index in [4.69, 9.17) is 22.7 Å². The van der Waals surface area contributed by atoms with Gasteiger partial charge in [-0.05, 0) is 25.0 Å². The van der Waals surface area contributed by atoms with Gasteiger partial charge in [0.25, 0.3) is 0 Å². The Morgan fingerprint density at radius 3 is 2.70 bits per heavy atom. The highest BCUT2D eigenvalue weighted by atomic mass is 35.5. The van der Waals surface area contributed by atoms with Crippen LogP contribution in [-0.2, 0) is 0 Å². The fraction of sp³-hybridized carbons (Fsp3) is 0.429. The van der Waals surface area contributed by atoms with Gasteiger partial charge < -0.3 is 11.1 Å². The molecule has 0 saturated carbocycles. The molecule has 0 aliphatic rings. The van der Waals surface area contributed by atoms with Crippen molar-refractivity contribution in [2.24, 2.45) is 5.73 Å². The third kappa shape index (κ3) is 4.13. The number of urea groups is 1. The van der Waals surface area contributed by atoms with Crippen LogP contribution in [-0.4, -0.2) is 18.5 Å². The van der Waals surface area contributed by atoms with Crippen molar-refractivity contribution in [3.63, 3.8) is 0 Å². The minimum atomic E-state index is -0.426. The van der Waals surface area contributed by atoms with E-state index in [1.165, 1.54) is 0 Å². The number of amides is 2. The van der Waals surface area contributed by atoms with Crippen LogP contribution in [0.25, 0.3) is 0 Å². The van der Waals surface area contributed by atoms with Gasteiger partial charge in [-0.15, -0.1) is 0 Å². The van der Waals surface area contributed by atoms with E-state index in [0.29, 0.717) is 17.3 Å². The summed E-state index contributed by atoms with van der Waals surface area (Å²) in [6.07, 6.45) is 3.02. The Bertz CT molecular complexity index is 470. The van der Waals surface area contributed by atoms with Gasteiger partial charge in [-0.2, -0.15) is 0 Å². The normalized spacial score (nSPS) is 10.2. The number of guanidine groups is 1. The van der Waals surface area contributed by atoms with Crippen molar-refractivity contribution in [1.82, 2.24) is 5.32 Å². The van der Waals surface area contributed by atoms with Crippen LogP contribution in [0.5, 0.6) is 0 Å². The topological polar surface area (TPSA) is 82.2 Å². The summed E-state index contributed by atoms with van der Waals surface area (Å²) in [5, 5.41) is 10.8. The van der Waals surface area contributed by atoms with Gasteiger partial charge in [0.05, 0.1) is 10.7 Å². The molecule has 0 bridgehead atoms. The van der Waals surface area contributed by atoms with E-state index in [1.54, 1.807) is 12.1 Å². The highest BCUT2D eigenvalue weighted by Gasteiger charge is 2.22. The number of carbonyl (C=O) groups excluding carboxylic acids is 1.